The monoisotopic (exact) mass is 371 g/mol. The van der Waals surface area contributed by atoms with Crippen molar-refractivity contribution in [3.8, 4) is 6.07 Å². The molecule has 0 spiro atoms. The molecule has 7 heteroatoms. The lowest BCUT2D eigenvalue weighted by Gasteiger charge is -2.16. The van der Waals surface area contributed by atoms with Crippen LogP contribution < -0.4 is 10.6 Å². The summed E-state index contributed by atoms with van der Waals surface area (Å²) in [5.74, 6) is -0.462. The Hall–Kier alpha value is -3.01. The van der Waals surface area contributed by atoms with Gasteiger partial charge in [-0.25, -0.2) is 14.4 Å². The van der Waals surface area contributed by atoms with Gasteiger partial charge in [0.25, 0.3) is 5.91 Å². The van der Waals surface area contributed by atoms with Crippen molar-refractivity contribution >= 4 is 11.7 Å². The Kier molecular flexibility index (Phi) is 8.34. The van der Waals surface area contributed by atoms with Crippen LogP contribution >= 0.6 is 0 Å². The Balaban J connectivity index is 0.00000364. The first-order chi connectivity index (χ1) is 12.5. The van der Waals surface area contributed by atoms with Gasteiger partial charge in [-0.15, -0.1) is 0 Å². The van der Waals surface area contributed by atoms with E-state index in [0.717, 1.165) is 12.8 Å². The van der Waals surface area contributed by atoms with Crippen LogP contribution in [0.25, 0.3) is 0 Å². The van der Waals surface area contributed by atoms with Crippen LogP contribution in [0.4, 0.5) is 10.2 Å². The van der Waals surface area contributed by atoms with Gasteiger partial charge in [-0.3, -0.25) is 4.79 Å². The highest BCUT2D eigenvalue weighted by molar-refractivity contribution is 5.97. The average molecular weight is 371 g/mol. The summed E-state index contributed by atoms with van der Waals surface area (Å²) in [6.07, 6.45) is 3.24. The highest BCUT2D eigenvalue weighted by Gasteiger charge is 2.19. The van der Waals surface area contributed by atoms with Crippen molar-refractivity contribution in [2.24, 2.45) is 0 Å². The molecule has 2 aromatic rings. The van der Waals surface area contributed by atoms with Crippen molar-refractivity contribution in [3.63, 3.8) is 0 Å². The first kappa shape index (κ1) is 22.0. The third kappa shape index (κ3) is 5.74. The minimum absolute atomic E-state index is 0. The number of aryl methyl sites for hydroxylation is 1. The molecule has 0 aliphatic carbocycles. The maximum Gasteiger partial charge on any atom is 0.274 e. The Bertz CT molecular complexity index is 832. The van der Waals surface area contributed by atoms with Crippen molar-refractivity contribution in [1.29, 1.82) is 5.26 Å². The summed E-state index contributed by atoms with van der Waals surface area (Å²) < 4.78 is 13.8. The van der Waals surface area contributed by atoms with E-state index in [0.29, 0.717) is 23.5 Å². The lowest BCUT2D eigenvalue weighted by molar-refractivity contribution is 0.0935. The molecule has 0 radical (unpaired) electrons. The van der Waals surface area contributed by atoms with Gasteiger partial charge < -0.3 is 10.6 Å². The van der Waals surface area contributed by atoms with Gasteiger partial charge >= 0.3 is 0 Å². The van der Waals surface area contributed by atoms with Crippen LogP contribution in [0.3, 0.4) is 0 Å². The van der Waals surface area contributed by atoms with Crippen LogP contribution in [0, 0.1) is 24.1 Å². The zero-order valence-corrected chi connectivity index (χ0v) is 15.1. The molecule has 6 nitrogen and oxygen atoms in total. The Morgan fingerprint density at radius 3 is 2.78 bits per heavy atom. The number of unbranched alkanes of at least 4 members (excludes halogenated alkanes) is 1. The standard InChI is InChI=1S/C19H22FN5O.CH4/c1-4-5-8-22-18-17(25-15(10-21)11-23-18)19(26)24-13(3)14-7-6-12(2)16(20)9-14;/h6-7,9,11,13H,4-5,8H2,1-3H3,(H,22,23)(H,24,26);1H4/t13-;/m0./s1. The van der Waals surface area contributed by atoms with Crippen molar-refractivity contribution in [3.05, 3.63) is 52.7 Å². The first-order valence-electron chi connectivity index (χ1n) is 8.54. The summed E-state index contributed by atoms with van der Waals surface area (Å²) in [5, 5.41) is 14.9. The molecular formula is C20H26FN5O. The van der Waals surface area contributed by atoms with E-state index in [1.54, 1.807) is 26.0 Å². The summed E-state index contributed by atoms with van der Waals surface area (Å²) in [4.78, 5) is 20.9. The second kappa shape index (κ2) is 10.2. The van der Waals surface area contributed by atoms with Gasteiger partial charge in [0, 0.05) is 6.54 Å². The van der Waals surface area contributed by atoms with Gasteiger partial charge in [0.1, 0.15) is 11.9 Å². The zero-order valence-electron chi connectivity index (χ0n) is 15.1. The highest BCUT2D eigenvalue weighted by atomic mass is 19.1. The summed E-state index contributed by atoms with van der Waals surface area (Å²) in [7, 11) is 0. The largest absolute Gasteiger partial charge is 0.368 e. The molecule has 1 amide bonds. The summed E-state index contributed by atoms with van der Waals surface area (Å²) in [6, 6.07) is 6.30. The first-order valence-corrected chi connectivity index (χ1v) is 8.54. The molecule has 144 valence electrons. The SMILES string of the molecule is C.CCCCNc1ncc(C#N)nc1C(=O)N[C@@H](C)c1ccc(C)c(F)c1. The van der Waals surface area contributed by atoms with Gasteiger partial charge in [0.05, 0.1) is 12.2 Å². The number of carbonyl (C=O) groups is 1. The van der Waals surface area contributed by atoms with Gasteiger partial charge in [-0.05, 0) is 37.5 Å². The average Bonchev–Trinajstić information content (AvgIpc) is 2.64. The fraction of sp³-hybridized carbons (Fsp3) is 0.400. The van der Waals surface area contributed by atoms with Crippen LogP contribution in [0.1, 0.15) is 67.5 Å². The smallest absolute Gasteiger partial charge is 0.274 e. The number of nitriles is 1. The van der Waals surface area contributed by atoms with E-state index < -0.39 is 11.9 Å². The van der Waals surface area contributed by atoms with Crippen LogP contribution in [0.15, 0.2) is 24.4 Å². The van der Waals surface area contributed by atoms with E-state index in [9.17, 15) is 9.18 Å². The number of hydrogen-bond donors (Lipinski definition) is 2. The molecule has 2 N–H and O–H groups in total. The predicted molar refractivity (Wildman–Crippen MR) is 104 cm³/mol. The van der Waals surface area contributed by atoms with Crippen molar-refractivity contribution in [2.45, 2.75) is 47.1 Å². The number of rotatable bonds is 7. The molecule has 1 atom stereocenters. The summed E-state index contributed by atoms with van der Waals surface area (Å²) >= 11 is 0. The van der Waals surface area contributed by atoms with Crippen LogP contribution in [-0.2, 0) is 0 Å². The quantitative estimate of drug-likeness (QED) is 0.714. The number of nitrogens with one attached hydrogen (secondary N) is 2. The van der Waals surface area contributed by atoms with Gasteiger partial charge in [-0.1, -0.05) is 32.9 Å². The minimum Gasteiger partial charge on any atom is -0.368 e. The number of anilines is 1. The molecular weight excluding hydrogens is 345 g/mol. The Labute approximate surface area is 159 Å². The molecule has 0 unspecified atom stereocenters. The maximum atomic E-state index is 13.8. The highest BCUT2D eigenvalue weighted by Crippen LogP contribution is 2.18. The molecule has 1 heterocycles. The molecule has 1 aromatic heterocycles. The third-order valence-electron chi connectivity index (χ3n) is 3.97. The molecule has 1 aromatic carbocycles. The molecule has 0 aliphatic rings. The topological polar surface area (TPSA) is 90.7 Å². The molecule has 0 bridgehead atoms. The Morgan fingerprint density at radius 1 is 1.41 bits per heavy atom. The summed E-state index contributed by atoms with van der Waals surface area (Å²) in [5.41, 5.74) is 1.30. The van der Waals surface area contributed by atoms with Gasteiger partial charge in [0.15, 0.2) is 17.2 Å². The van der Waals surface area contributed by atoms with Crippen LogP contribution in [0.2, 0.25) is 0 Å². The number of carbonyl (C=O) groups excluding carboxylic acids is 1. The second-order valence-electron chi connectivity index (χ2n) is 6.05. The van der Waals surface area contributed by atoms with Crippen molar-refractivity contribution in [1.82, 2.24) is 15.3 Å². The van der Waals surface area contributed by atoms with E-state index in [-0.39, 0.29) is 24.6 Å². The van der Waals surface area contributed by atoms with Gasteiger partial charge in [-0.2, -0.15) is 5.26 Å². The number of benzene rings is 1. The molecule has 27 heavy (non-hydrogen) atoms. The fourth-order valence-electron chi connectivity index (χ4n) is 2.34. The molecule has 0 saturated heterocycles. The maximum absolute atomic E-state index is 13.8. The van der Waals surface area contributed by atoms with Crippen LogP contribution in [0.5, 0.6) is 0 Å². The van der Waals surface area contributed by atoms with E-state index >= 15 is 0 Å². The number of halogens is 1. The third-order valence-corrected chi connectivity index (χ3v) is 3.97. The summed E-state index contributed by atoms with van der Waals surface area (Å²) in [6.45, 7) is 6.14. The number of nitrogens with zero attached hydrogens (tertiary/aromatic N) is 3. The predicted octanol–water partition coefficient (Wildman–Crippen LogP) is 4.13. The molecule has 2 rings (SSSR count). The van der Waals surface area contributed by atoms with E-state index in [1.807, 2.05) is 6.07 Å². The lowest BCUT2D eigenvalue weighted by Crippen LogP contribution is -2.29. The minimum atomic E-state index is -0.470. The van der Waals surface area contributed by atoms with E-state index in [4.69, 9.17) is 5.26 Å². The van der Waals surface area contributed by atoms with Gasteiger partial charge in [0.2, 0.25) is 0 Å². The number of amides is 1. The molecule has 0 fully saturated rings. The van der Waals surface area contributed by atoms with E-state index in [1.165, 1.54) is 12.3 Å². The van der Waals surface area contributed by atoms with Crippen molar-refractivity contribution < 1.29 is 9.18 Å². The number of hydrogen-bond acceptors (Lipinski definition) is 5. The Morgan fingerprint density at radius 2 is 2.15 bits per heavy atom. The fourth-order valence-corrected chi connectivity index (χ4v) is 2.34. The normalized spacial score (nSPS) is 11.1. The number of aromatic nitrogens is 2. The molecule has 0 aliphatic heterocycles. The lowest BCUT2D eigenvalue weighted by atomic mass is 10.1. The van der Waals surface area contributed by atoms with Crippen LogP contribution in [-0.4, -0.2) is 22.4 Å². The zero-order chi connectivity index (χ0) is 19.1. The van der Waals surface area contributed by atoms with Crippen molar-refractivity contribution in [2.75, 3.05) is 11.9 Å². The molecule has 0 saturated carbocycles. The van der Waals surface area contributed by atoms with E-state index in [2.05, 4.69) is 27.5 Å². The second-order valence-corrected chi connectivity index (χ2v) is 6.05.